The Morgan fingerprint density at radius 2 is 1.52 bits per heavy atom. The first-order chi connectivity index (χ1) is 14.1. The topological polar surface area (TPSA) is 64.6 Å². The molecule has 0 heterocycles. The van der Waals surface area contributed by atoms with Crippen molar-refractivity contribution in [2.75, 3.05) is 6.61 Å². The van der Waals surface area contributed by atoms with Crippen LogP contribution in [0.4, 0.5) is 0 Å². The molecule has 0 saturated heterocycles. The van der Waals surface area contributed by atoms with Gasteiger partial charge in [0.25, 0.3) is 5.91 Å². The second kappa shape index (κ2) is 10.3. The summed E-state index contributed by atoms with van der Waals surface area (Å²) >= 11 is 5.88. The Labute approximate surface area is 174 Å². The van der Waals surface area contributed by atoms with E-state index in [1.54, 1.807) is 36.4 Å². The SMILES string of the molecule is O=C(COC(=O)c1ccccc1OCc1ccc(Cl)cc1)NCc1ccccc1. The van der Waals surface area contributed by atoms with E-state index < -0.39 is 5.97 Å². The molecule has 0 fully saturated rings. The van der Waals surface area contributed by atoms with Gasteiger partial charge in [0.05, 0.1) is 0 Å². The number of halogens is 1. The monoisotopic (exact) mass is 409 g/mol. The van der Waals surface area contributed by atoms with Gasteiger partial charge in [-0.05, 0) is 35.4 Å². The lowest BCUT2D eigenvalue weighted by molar-refractivity contribution is -0.124. The normalized spacial score (nSPS) is 10.2. The van der Waals surface area contributed by atoms with Crippen molar-refractivity contribution in [1.82, 2.24) is 5.32 Å². The fraction of sp³-hybridized carbons (Fsp3) is 0.130. The molecule has 0 bridgehead atoms. The fourth-order valence-electron chi connectivity index (χ4n) is 2.56. The zero-order valence-corrected chi connectivity index (χ0v) is 16.4. The number of hydrogen-bond donors (Lipinski definition) is 1. The lowest BCUT2D eigenvalue weighted by atomic mass is 10.2. The van der Waals surface area contributed by atoms with E-state index in [0.717, 1.165) is 11.1 Å². The van der Waals surface area contributed by atoms with Crippen LogP contribution in [0.25, 0.3) is 0 Å². The Hall–Kier alpha value is -3.31. The lowest BCUT2D eigenvalue weighted by Crippen LogP contribution is -2.28. The molecule has 3 rings (SSSR count). The molecule has 0 aliphatic heterocycles. The molecule has 3 aromatic carbocycles. The van der Waals surface area contributed by atoms with Crippen LogP contribution in [0.2, 0.25) is 5.02 Å². The molecule has 0 radical (unpaired) electrons. The van der Waals surface area contributed by atoms with Gasteiger partial charge in [-0.25, -0.2) is 4.79 Å². The van der Waals surface area contributed by atoms with Crippen LogP contribution in [-0.2, 0) is 22.7 Å². The van der Waals surface area contributed by atoms with E-state index in [9.17, 15) is 9.59 Å². The van der Waals surface area contributed by atoms with Gasteiger partial charge in [0.1, 0.15) is 17.9 Å². The second-order valence-electron chi connectivity index (χ2n) is 6.25. The molecule has 6 heteroatoms. The van der Waals surface area contributed by atoms with Gasteiger partial charge in [-0.15, -0.1) is 0 Å². The van der Waals surface area contributed by atoms with Gasteiger partial charge in [0.15, 0.2) is 6.61 Å². The molecular formula is C23H20ClNO4. The number of hydrogen-bond acceptors (Lipinski definition) is 4. The summed E-state index contributed by atoms with van der Waals surface area (Å²) in [7, 11) is 0. The molecule has 0 saturated carbocycles. The highest BCUT2D eigenvalue weighted by atomic mass is 35.5. The summed E-state index contributed by atoms with van der Waals surface area (Å²) in [6, 6.07) is 23.5. The van der Waals surface area contributed by atoms with Crippen LogP contribution in [0.5, 0.6) is 5.75 Å². The van der Waals surface area contributed by atoms with E-state index >= 15 is 0 Å². The van der Waals surface area contributed by atoms with E-state index in [-0.39, 0.29) is 24.7 Å². The summed E-state index contributed by atoms with van der Waals surface area (Å²) in [4.78, 5) is 24.3. The van der Waals surface area contributed by atoms with Gasteiger partial charge in [0.2, 0.25) is 0 Å². The van der Waals surface area contributed by atoms with E-state index in [4.69, 9.17) is 21.1 Å². The second-order valence-corrected chi connectivity index (χ2v) is 6.69. The van der Waals surface area contributed by atoms with Crippen molar-refractivity contribution in [2.45, 2.75) is 13.2 Å². The Bertz CT molecular complexity index is 958. The van der Waals surface area contributed by atoms with Crippen molar-refractivity contribution in [3.63, 3.8) is 0 Å². The number of amides is 1. The molecule has 148 valence electrons. The summed E-state index contributed by atoms with van der Waals surface area (Å²) in [5, 5.41) is 3.36. The van der Waals surface area contributed by atoms with Crippen molar-refractivity contribution >= 4 is 23.5 Å². The first-order valence-corrected chi connectivity index (χ1v) is 9.43. The minimum absolute atomic E-state index is 0.261. The maximum Gasteiger partial charge on any atom is 0.342 e. The van der Waals surface area contributed by atoms with Gasteiger partial charge < -0.3 is 14.8 Å². The highest BCUT2D eigenvalue weighted by Crippen LogP contribution is 2.21. The Morgan fingerprint density at radius 1 is 0.828 bits per heavy atom. The summed E-state index contributed by atoms with van der Waals surface area (Å²) in [6.45, 7) is 0.286. The molecule has 0 spiro atoms. The van der Waals surface area contributed by atoms with Gasteiger partial charge in [-0.3, -0.25) is 4.79 Å². The molecule has 29 heavy (non-hydrogen) atoms. The van der Waals surface area contributed by atoms with Crippen LogP contribution in [-0.4, -0.2) is 18.5 Å². The van der Waals surface area contributed by atoms with E-state index in [2.05, 4.69) is 5.32 Å². The molecule has 5 nitrogen and oxygen atoms in total. The van der Waals surface area contributed by atoms with Crippen LogP contribution in [0.3, 0.4) is 0 Å². The molecule has 0 aromatic heterocycles. The highest BCUT2D eigenvalue weighted by molar-refractivity contribution is 6.30. The average molecular weight is 410 g/mol. The highest BCUT2D eigenvalue weighted by Gasteiger charge is 2.15. The Morgan fingerprint density at radius 3 is 2.28 bits per heavy atom. The van der Waals surface area contributed by atoms with Crippen LogP contribution in [0.1, 0.15) is 21.5 Å². The van der Waals surface area contributed by atoms with Crippen LogP contribution in [0, 0.1) is 0 Å². The molecule has 1 N–H and O–H groups in total. The van der Waals surface area contributed by atoms with Crippen LogP contribution < -0.4 is 10.1 Å². The maximum absolute atomic E-state index is 12.4. The van der Waals surface area contributed by atoms with Gasteiger partial charge in [-0.1, -0.05) is 66.2 Å². The van der Waals surface area contributed by atoms with Crippen molar-refractivity contribution in [3.8, 4) is 5.75 Å². The number of benzene rings is 3. The number of esters is 1. The standard InChI is InChI=1S/C23H20ClNO4/c24-19-12-10-18(11-13-19)15-28-21-9-5-4-8-20(21)23(27)29-16-22(26)25-14-17-6-2-1-3-7-17/h1-13H,14-16H2,(H,25,26). The summed E-state index contributed by atoms with van der Waals surface area (Å²) in [5.74, 6) is -0.606. The molecular weight excluding hydrogens is 390 g/mol. The smallest absolute Gasteiger partial charge is 0.342 e. The molecule has 0 unspecified atom stereocenters. The van der Waals surface area contributed by atoms with Gasteiger partial charge in [-0.2, -0.15) is 0 Å². The Kier molecular flexibility index (Phi) is 7.25. The number of rotatable bonds is 8. The molecule has 1 amide bonds. The minimum Gasteiger partial charge on any atom is -0.488 e. The van der Waals surface area contributed by atoms with Crippen molar-refractivity contribution in [2.24, 2.45) is 0 Å². The summed E-state index contributed by atoms with van der Waals surface area (Å²) < 4.78 is 10.9. The maximum atomic E-state index is 12.4. The quantitative estimate of drug-likeness (QED) is 0.560. The third kappa shape index (κ3) is 6.36. The number of ether oxygens (including phenoxy) is 2. The van der Waals surface area contributed by atoms with Crippen LogP contribution >= 0.6 is 11.6 Å². The van der Waals surface area contributed by atoms with Gasteiger partial charge >= 0.3 is 5.97 Å². The van der Waals surface area contributed by atoms with Crippen molar-refractivity contribution in [1.29, 1.82) is 0 Å². The lowest BCUT2D eigenvalue weighted by Gasteiger charge is -2.11. The zero-order valence-electron chi connectivity index (χ0n) is 15.6. The number of carbonyl (C=O) groups excluding carboxylic acids is 2. The minimum atomic E-state index is -0.619. The van der Waals surface area contributed by atoms with E-state index in [0.29, 0.717) is 17.3 Å². The number of nitrogens with one attached hydrogen (secondary N) is 1. The van der Waals surface area contributed by atoms with Crippen LogP contribution in [0.15, 0.2) is 78.9 Å². The average Bonchev–Trinajstić information content (AvgIpc) is 2.76. The zero-order chi connectivity index (χ0) is 20.5. The summed E-state index contributed by atoms with van der Waals surface area (Å²) in [6.07, 6.45) is 0. The molecule has 0 atom stereocenters. The predicted molar refractivity (Wildman–Crippen MR) is 111 cm³/mol. The first kappa shape index (κ1) is 20.4. The molecule has 0 aliphatic carbocycles. The third-order valence-electron chi connectivity index (χ3n) is 4.08. The largest absolute Gasteiger partial charge is 0.488 e. The fourth-order valence-corrected chi connectivity index (χ4v) is 2.69. The predicted octanol–water partition coefficient (Wildman–Crippen LogP) is 4.39. The van der Waals surface area contributed by atoms with Gasteiger partial charge in [0, 0.05) is 11.6 Å². The number of carbonyl (C=O) groups is 2. The van der Waals surface area contributed by atoms with Crippen molar-refractivity contribution in [3.05, 3.63) is 101 Å². The van der Waals surface area contributed by atoms with E-state index in [1.165, 1.54) is 0 Å². The Balaban J connectivity index is 1.52. The summed E-state index contributed by atoms with van der Waals surface area (Å²) in [5.41, 5.74) is 2.14. The number of para-hydroxylation sites is 1. The molecule has 3 aromatic rings. The van der Waals surface area contributed by atoms with Crippen molar-refractivity contribution < 1.29 is 19.1 Å². The first-order valence-electron chi connectivity index (χ1n) is 9.06. The molecule has 0 aliphatic rings. The third-order valence-corrected chi connectivity index (χ3v) is 4.33. The van der Waals surface area contributed by atoms with E-state index in [1.807, 2.05) is 42.5 Å².